The zero-order valence-corrected chi connectivity index (χ0v) is 14.3. The predicted molar refractivity (Wildman–Crippen MR) is 88.1 cm³/mol. The Bertz CT molecular complexity index is 574. The summed E-state index contributed by atoms with van der Waals surface area (Å²) in [5.41, 5.74) is 0.554. The summed E-state index contributed by atoms with van der Waals surface area (Å²) in [5.74, 6) is 0.887. The van der Waals surface area contributed by atoms with Gasteiger partial charge in [-0.3, -0.25) is 9.59 Å². The second kappa shape index (κ2) is 7.49. The maximum absolute atomic E-state index is 12.5. The second-order valence-corrected chi connectivity index (χ2v) is 6.14. The minimum absolute atomic E-state index is 0.0117. The number of rotatable bonds is 5. The third-order valence-corrected chi connectivity index (χ3v) is 4.40. The largest absolute Gasteiger partial charge is 0.493 e. The summed E-state index contributed by atoms with van der Waals surface area (Å²) in [5, 5.41) is 0. The van der Waals surface area contributed by atoms with Gasteiger partial charge in [-0.25, -0.2) is 0 Å². The Morgan fingerprint density at radius 2 is 1.83 bits per heavy atom. The first kappa shape index (κ1) is 17.3. The molecule has 1 heterocycles. The normalized spacial score (nSPS) is 21.0. The van der Waals surface area contributed by atoms with Crippen molar-refractivity contribution in [1.29, 1.82) is 0 Å². The SMILES string of the molecule is COc1cc(C(C)=O)ccc1OCC(=O)N1C(C)CCCC1C. The molecule has 1 saturated heterocycles. The summed E-state index contributed by atoms with van der Waals surface area (Å²) in [6, 6.07) is 5.48. The average molecular weight is 319 g/mol. The Hall–Kier alpha value is -2.04. The van der Waals surface area contributed by atoms with Gasteiger partial charge in [-0.1, -0.05) is 0 Å². The number of ketones is 1. The van der Waals surface area contributed by atoms with Crippen molar-refractivity contribution >= 4 is 11.7 Å². The fourth-order valence-electron chi connectivity index (χ4n) is 3.13. The molecule has 2 atom stereocenters. The molecule has 0 aromatic heterocycles. The Kier molecular flexibility index (Phi) is 5.64. The van der Waals surface area contributed by atoms with Crippen molar-refractivity contribution in [3.8, 4) is 11.5 Å². The number of nitrogens with zero attached hydrogens (tertiary/aromatic N) is 1. The van der Waals surface area contributed by atoms with Gasteiger partial charge in [0, 0.05) is 17.6 Å². The monoisotopic (exact) mass is 319 g/mol. The van der Waals surface area contributed by atoms with Gasteiger partial charge >= 0.3 is 0 Å². The molecule has 23 heavy (non-hydrogen) atoms. The van der Waals surface area contributed by atoms with E-state index in [1.807, 2.05) is 4.90 Å². The molecule has 5 heteroatoms. The first-order valence-corrected chi connectivity index (χ1v) is 8.07. The van der Waals surface area contributed by atoms with Crippen LogP contribution in [0, 0.1) is 0 Å². The second-order valence-electron chi connectivity index (χ2n) is 6.14. The molecule has 0 bridgehead atoms. The number of piperidine rings is 1. The Morgan fingerprint density at radius 1 is 1.17 bits per heavy atom. The molecular weight excluding hydrogens is 294 g/mol. The van der Waals surface area contributed by atoms with Crippen LogP contribution in [0.5, 0.6) is 11.5 Å². The van der Waals surface area contributed by atoms with Gasteiger partial charge in [0.15, 0.2) is 23.9 Å². The fourth-order valence-corrected chi connectivity index (χ4v) is 3.13. The molecule has 2 rings (SSSR count). The van der Waals surface area contributed by atoms with Crippen LogP contribution in [-0.2, 0) is 4.79 Å². The standard InChI is InChI=1S/C18H25NO4/c1-12-6-5-7-13(2)19(12)18(21)11-23-16-9-8-15(14(3)20)10-17(16)22-4/h8-10,12-13H,5-7,11H2,1-4H3. The molecule has 1 aliphatic heterocycles. The van der Waals surface area contributed by atoms with Crippen molar-refractivity contribution in [3.05, 3.63) is 23.8 Å². The van der Waals surface area contributed by atoms with E-state index >= 15 is 0 Å². The molecule has 0 N–H and O–H groups in total. The summed E-state index contributed by atoms with van der Waals surface area (Å²) in [6.07, 6.45) is 3.23. The Morgan fingerprint density at radius 3 is 2.39 bits per heavy atom. The van der Waals surface area contributed by atoms with Gasteiger partial charge in [-0.2, -0.15) is 0 Å². The van der Waals surface area contributed by atoms with Gasteiger partial charge in [0.2, 0.25) is 0 Å². The highest BCUT2D eigenvalue weighted by Gasteiger charge is 2.29. The van der Waals surface area contributed by atoms with Crippen molar-refractivity contribution in [2.75, 3.05) is 13.7 Å². The molecule has 2 unspecified atom stereocenters. The lowest BCUT2D eigenvalue weighted by molar-refractivity contribution is -0.139. The van der Waals surface area contributed by atoms with Crippen molar-refractivity contribution in [2.45, 2.75) is 52.1 Å². The molecule has 1 fully saturated rings. The van der Waals surface area contributed by atoms with Gasteiger partial charge in [0.1, 0.15) is 0 Å². The van der Waals surface area contributed by atoms with Crippen molar-refractivity contribution in [1.82, 2.24) is 4.90 Å². The van der Waals surface area contributed by atoms with Gasteiger partial charge < -0.3 is 14.4 Å². The van der Waals surface area contributed by atoms with E-state index in [0.29, 0.717) is 17.1 Å². The highest BCUT2D eigenvalue weighted by molar-refractivity contribution is 5.94. The van der Waals surface area contributed by atoms with Crippen LogP contribution in [0.3, 0.4) is 0 Å². The van der Waals surface area contributed by atoms with E-state index < -0.39 is 0 Å². The topological polar surface area (TPSA) is 55.8 Å². The minimum Gasteiger partial charge on any atom is -0.493 e. The fraction of sp³-hybridized carbons (Fsp3) is 0.556. The molecule has 1 aliphatic rings. The highest BCUT2D eigenvalue weighted by Crippen LogP contribution is 2.29. The number of ether oxygens (including phenoxy) is 2. The molecule has 1 aromatic carbocycles. The maximum Gasteiger partial charge on any atom is 0.260 e. The lowest BCUT2D eigenvalue weighted by Gasteiger charge is -2.39. The zero-order valence-electron chi connectivity index (χ0n) is 14.3. The third-order valence-electron chi connectivity index (χ3n) is 4.40. The van der Waals surface area contributed by atoms with E-state index in [2.05, 4.69) is 13.8 Å². The lowest BCUT2D eigenvalue weighted by atomic mass is 9.97. The number of likely N-dealkylation sites (tertiary alicyclic amines) is 1. The zero-order chi connectivity index (χ0) is 17.0. The summed E-state index contributed by atoms with van der Waals surface area (Å²) < 4.78 is 10.9. The van der Waals surface area contributed by atoms with Crippen LogP contribution in [-0.4, -0.2) is 42.4 Å². The van der Waals surface area contributed by atoms with Crippen LogP contribution in [0.15, 0.2) is 18.2 Å². The van der Waals surface area contributed by atoms with Gasteiger partial charge in [0.25, 0.3) is 5.91 Å². The lowest BCUT2D eigenvalue weighted by Crippen LogP contribution is -2.49. The molecular formula is C18H25NO4. The van der Waals surface area contributed by atoms with E-state index in [1.54, 1.807) is 18.2 Å². The number of carbonyl (C=O) groups is 2. The van der Waals surface area contributed by atoms with E-state index in [1.165, 1.54) is 14.0 Å². The van der Waals surface area contributed by atoms with Crippen LogP contribution in [0.4, 0.5) is 0 Å². The molecule has 5 nitrogen and oxygen atoms in total. The third kappa shape index (κ3) is 4.03. The number of hydrogen-bond donors (Lipinski definition) is 0. The molecule has 126 valence electrons. The van der Waals surface area contributed by atoms with Gasteiger partial charge in [-0.05, 0) is 58.2 Å². The minimum atomic E-state index is -0.0399. The van der Waals surface area contributed by atoms with E-state index in [9.17, 15) is 9.59 Å². The molecule has 0 aliphatic carbocycles. The highest BCUT2D eigenvalue weighted by atomic mass is 16.5. The summed E-state index contributed by atoms with van der Waals surface area (Å²) in [7, 11) is 1.52. The van der Waals surface area contributed by atoms with Gasteiger partial charge in [0.05, 0.1) is 7.11 Å². The summed E-state index contributed by atoms with van der Waals surface area (Å²) in [6.45, 7) is 5.63. The Balaban J connectivity index is 2.05. The van der Waals surface area contributed by atoms with Crippen LogP contribution in [0.2, 0.25) is 0 Å². The van der Waals surface area contributed by atoms with Crippen LogP contribution < -0.4 is 9.47 Å². The predicted octanol–water partition coefficient (Wildman–Crippen LogP) is 3.07. The van der Waals surface area contributed by atoms with Crippen molar-refractivity contribution < 1.29 is 19.1 Å². The van der Waals surface area contributed by atoms with Crippen molar-refractivity contribution in [3.63, 3.8) is 0 Å². The van der Waals surface area contributed by atoms with E-state index in [-0.39, 0.29) is 30.4 Å². The number of carbonyl (C=O) groups excluding carboxylic acids is 2. The first-order valence-electron chi connectivity index (χ1n) is 8.07. The number of amides is 1. The summed E-state index contributed by atoms with van der Waals surface area (Å²) >= 11 is 0. The number of methoxy groups -OCH3 is 1. The smallest absolute Gasteiger partial charge is 0.260 e. The summed E-state index contributed by atoms with van der Waals surface area (Å²) in [4.78, 5) is 25.8. The van der Waals surface area contributed by atoms with Gasteiger partial charge in [-0.15, -0.1) is 0 Å². The molecule has 1 amide bonds. The van der Waals surface area contributed by atoms with E-state index in [4.69, 9.17) is 9.47 Å². The van der Waals surface area contributed by atoms with Crippen LogP contribution in [0.1, 0.15) is 50.4 Å². The van der Waals surface area contributed by atoms with Crippen LogP contribution in [0.25, 0.3) is 0 Å². The average Bonchev–Trinajstić information content (AvgIpc) is 2.52. The van der Waals surface area contributed by atoms with Crippen LogP contribution >= 0.6 is 0 Å². The quantitative estimate of drug-likeness (QED) is 0.783. The molecule has 0 radical (unpaired) electrons. The van der Waals surface area contributed by atoms with Crippen molar-refractivity contribution in [2.24, 2.45) is 0 Å². The maximum atomic E-state index is 12.5. The number of Topliss-reactive ketones (excluding diaryl/α,β-unsaturated/α-hetero) is 1. The molecule has 0 spiro atoms. The molecule has 1 aromatic rings. The molecule has 0 saturated carbocycles. The first-order chi connectivity index (χ1) is 10.9. The number of hydrogen-bond acceptors (Lipinski definition) is 4. The Labute approximate surface area is 137 Å². The van der Waals surface area contributed by atoms with E-state index in [0.717, 1.165) is 19.3 Å². The number of benzene rings is 1.